The van der Waals surface area contributed by atoms with Crippen molar-refractivity contribution in [3.63, 3.8) is 0 Å². The van der Waals surface area contributed by atoms with E-state index >= 15 is 0 Å². The van der Waals surface area contributed by atoms with Crippen molar-refractivity contribution < 1.29 is 8.83 Å². The number of aromatic nitrogens is 2. The van der Waals surface area contributed by atoms with Gasteiger partial charge in [-0.25, -0.2) is 0 Å². The number of nitrogens with zero attached hydrogens (tertiary/aromatic N) is 2. The molecule has 11 aromatic rings. The first-order valence-corrected chi connectivity index (χ1v) is 16.6. The first-order chi connectivity index (χ1) is 23.8. The van der Waals surface area contributed by atoms with Gasteiger partial charge in [-0.15, -0.1) is 0 Å². The van der Waals surface area contributed by atoms with Crippen LogP contribution in [-0.4, -0.2) is 15.9 Å². The third-order valence-corrected chi connectivity index (χ3v) is 10.9. The van der Waals surface area contributed by atoms with Gasteiger partial charge in [-0.05, 0) is 59.8 Å². The van der Waals surface area contributed by atoms with E-state index in [2.05, 4.69) is 143 Å². The van der Waals surface area contributed by atoms with Crippen LogP contribution in [0.3, 0.4) is 0 Å². The number of benzene rings is 7. The van der Waals surface area contributed by atoms with Crippen LogP contribution in [0.4, 0.5) is 0 Å². The third-order valence-electron chi connectivity index (χ3n) is 10.9. The largest absolute Gasteiger partial charge is 0.455 e. The molecule has 48 heavy (non-hydrogen) atoms. The molecule has 0 radical (unpaired) electrons. The highest BCUT2D eigenvalue weighted by Gasteiger charge is 2.38. The maximum absolute atomic E-state index is 6.85. The molecular formula is C43H25BN2O2. The lowest BCUT2D eigenvalue weighted by atomic mass is 9.48. The fourth-order valence-electron chi connectivity index (χ4n) is 8.99. The zero-order valence-electron chi connectivity index (χ0n) is 26.0. The van der Waals surface area contributed by atoms with E-state index < -0.39 is 0 Å². The Morgan fingerprint density at radius 3 is 1.98 bits per heavy atom. The molecule has 0 spiro atoms. The van der Waals surface area contributed by atoms with Gasteiger partial charge < -0.3 is 17.9 Å². The molecule has 12 rings (SSSR count). The van der Waals surface area contributed by atoms with Crippen molar-refractivity contribution in [1.82, 2.24) is 9.05 Å². The summed E-state index contributed by atoms with van der Waals surface area (Å²) in [7, 11) is 0. The van der Waals surface area contributed by atoms with Crippen molar-refractivity contribution in [3.8, 4) is 5.69 Å². The molecule has 0 atom stereocenters. The Labute approximate surface area is 274 Å². The van der Waals surface area contributed by atoms with Crippen LogP contribution in [0.15, 0.2) is 142 Å². The maximum Gasteiger partial charge on any atom is 0.332 e. The summed E-state index contributed by atoms with van der Waals surface area (Å²) in [5, 5.41) is 9.25. The minimum atomic E-state index is -0.0757. The second-order valence-corrected chi connectivity index (χ2v) is 13.3. The minimum Gasteiger partial charge on any atom is -0.455 e. The van der Waals surface area contributed by atoms with Gasteiger partial charge in [0, 0.05) is 49.0 Å². The topological polar surface area (TPSA) is 36.1 Å². The van der Waals surface area contributed by atoms with E-state index in [4.69, 9.17) is 8.83 Å². The van der Waals surface area contributed by atoms with Crippen LogP contribution in [-0.2, 0) is 0 Å². The summed E-state index contributed by atoms with van der Waals surface area (Å²) in [4.78, 5) is 0. The predicted molar refractivity (Wildman–Crippen MR) is 200 cm³/mol. The van der Waals surface area contributed by atoms with E-state index in [9.17, 15) is 0 Å². The molecule has 5 heteroatoms. The molecule has 0 unspecified atom stereocenters. The van der Waals surface area contributed by atoms with E-state index in [0.717, 1.165) is 60.2 Å². The van der Waals surface area contributed by atoms with Crippen LogP contribution in [0.25, 0.3) is 93.2 Å². The molecule has 0 saturated heterocycles. The molecule has 0 bridgehead atoms. The second-order valence-electron chi connectivity index (χ2n) is 13.3. The Morgan fingerprint density at radius 2 is 1.15 bits per heavy atom. The highest BCUT2D eigenvalue weighted by atomic mass is 16.3. The standard InChI is InChI=1S/C43H25BN2O2/c1-24-11-10-15-28-25-12-2-6-17-33(25)46(40(24)28)44-31-16-5-7-18-34(31)45-35-22-21-29-26-13-3-8-19-36(26)47-42(29)38(35)39-41(45)32(44)23-30-27-14-4-9-20-37(27)48-43(30)39/h2-23H,1H3. The Kier molecular flexibility index (Phi) is 4.46. The molecule has 4 nitrogen and oxygen atoms in total. The Balaban J connectivity index is 1.37. The maximum atomic E-state index is 6.85. The third kappa shape index (κ3) is 2.86. The van der Waals surface area contributed by atoms with E-state index in [1.165, 1.54) is 49.5 Å². The van der Waals surface area contributed by atoms with Gasteiger partial charge in [0.05, 0.1) is 21.8 Å². The van der Waals surface area contributed by atoms with Crippen LogP contribution in [0, 0.1) is 6.92 Å². The smallest absolute Gasteiger partial charge is 0.332 e. The monoisotopic (exact) mass is 612 g/mol. The summed E-state index contributed by atoms with van der Waals surface area (Å²) in [6.45, 7) is 2.16. The molecule has 1 aliphatic rings. The number of hydrogen-bond acceptors (Lipinski definition) is 2. The highest BCUT2D eigenvalue weighted by molar-refractivity contribution is 6.88. The Bertz CT molecular complexity index is 3210. The van der Waals surface area contributed by atoms with E-state index in [-0.39, 0.29) is 6.85 Å². The summed E-state index contributed by atoms with van der Waals surface area (Å²) in [5.74, 6) is 0. The molecule has 0 aliphatic carbocycles. The summed E-state index contributed by atoms with van der Waals surface area (Å²) in [6, 6.07) is 48.2. The first kappa shape index (κ1) is 25.0. The molecule has 0 amide bonds. The van der Waals surface area contributed by atoms with Crippen molar-refractivity contribution in [3.05, 3.63) is 139 Å². The normalized spacial score (nSPS) is 13.1. The Hall–Kier alpha value is -6.20. The van der Waals surface area contributed by atoms with Crippen LogP contribution in [0.1, 0.15) is 5.56 Å². The molecule has 222 valence electrons. The lowest BCUT2D eigenvalue weighted by Crippen LogP contribution is -2.53. The lowest BCUT2D eigenvalue weighted by Gasteiger charge is -2.28. The number of furan rings is 2. The number of hydrogen-bond donors (Lipinski definition) is 0. The van der Waals surface area contributed by atoms with Crippen molar-refractivity contribution in [2.24, 2.45) is 0 Å². The molecule has 0 fully saturated rings. The first-order valence-electron chi connectivity index (χ1n) is 16.6. The summed E-state index contributed by atoms with van der Waals surface area (Å²) >= 11 is 0. The van der Waals surface area contributed by atoms with Gasteiger partial charge in [-0.2, -0.15) is 0 Å². The van der Waals surface area contributed by atoms with Crippen molar-refractivity contribution in [2.75, 3.05) is 0 Å². The zero-order chi connectivity index (χ0) is 31.2. The zero-order valence-corrected chi connectivity index (χ0v) is 26.0. The van der Waals surface area contributed by atoms with Crippen LogP contribution >= 0.6 is 0 Å². The van der Waals surface area contributed by atoms with Gasteiger partial charge in [0.1, 0.15) is 22.3 Å². The Morgan fingerprint density at radius 1 is 0.479 bits per heavy atom. The van der Waals surface area contributed by atoms with Crippen LogP contribution in [0.2, 0.25) is 0 Å². The van der Waals surface area contributed by atoms with Crippen molar-refractivity contribution >= 4 is 105 Å². The van der Waals surface area contributed by atoms with Gasteiger partial charge in [-0.3, -0.25) is 0 Å². The fourth-order valence-corrected chi connectivity index (χ4v) is 8.99. The average Bonchev–Trinajstić information content (AvgIpc) is 3.87. The number of fused-ring (bicyclic) bond motifs is 16. The van der Waals surface area contributed by atoms with Crippen LogP contribution < -0.4 is 10.9 Å². The summed E-state index contributed by atoms with van der Waals surface area (Å²) < 4.78 is 18.7. The molecule has 0 saturated carbocycles. The van der Waals surface area contributed by atoms with Crippen LogP contribution in [0.5, 0.6) is 0 Å². The van der Waals surface area contributed by atoms with E-state index in [0.29, 0.717) is 0 Å². The summed E-state index contributed by atoms with van der Waals surface area (Å²) in [5.41, 5.74) is 13.4. The minimum absolute atomic E-state index is 0.0757. The van der Waals surface area contributed by atoms with Crippen molar-refractivity contribution in [2.45, 2.75) is 6.92 Å². The van der Waals surface area contributed by atoms with Gasteiger partial charge >= 0.3 is 6.85 Å². The van der Waals surface area contributed by atoms with Gasteiger partial charge in [-0.1, -0.05) is 97.1 Å². The van der Waals surface area contributed by atoms with Gasteiger partial charge in [0.25, 0.3) is 0 Å². The average molecular weight is 612 g/mol. The molecule has 4 aromatic heterocycles. The second kappa shape index (κ2) is 8.58. The predicted octanol–water partition coefficient (Wildman–Crippen LogP) is 9.97. The number of para-hydroxylation sites is 5. The SMILES string of the molecule is Cc1cccc2c3ccccc3n(B3c4ccccc4-n4c5ccc6c7ccccc7oc6c5c5c6oc7ccccc7c6cc3c54)c12. The van der Waals surface area contributed by atoms with Gasteiger partial charge in [0.2, 0.25) is 0 Å². The molecular weight excluding hydrogens is 587 g/mol. The van der Waals surface area contributed by atoms with Crippen molar-refractivity contribution in [1.29, 1.82) is 0 Å². The lowest BCUT2D eigenvalue weighted by molar-refractivity contribution is 0.670. The molecule has 7 aromatic carbocycles. The molecule has 0 N–H and O–H groups in total. The van der Waals surface area contributed by atoms with E-state index in [1.54, 1.807) is 0 Å². The number of aryl methyl sites for hydroxylation is 1. The van der Waals surface area contributed by atoms with Gasteiger partial charge in [0.15, 0.2) is 0 Å². The molecule has 1 aliphatic heterocycles. The number of rotatable bonds is 1. The summed E-state index contributed by atoms with van der Waals surface area (Å²) in [6.07, 6.45) is 0. The fraction of sp³-hybridized carbons (Fsp3) is 0.0233. The van der Waals surface area contributed by atoms with E-state index in [1.807, 2.05) is 6.07 Å². The highest BCUT2D eigenvalue weighted by Crippen LogP contribution is 2.45. The quantitative estimate of drug-likeness (QED) is 0.173. The molecule has 5 heterocycles.